The number of nitrogens with zero attached hydrogens (tertiary/aromatic N) is 2. The lowest BCUT2D eigenvalue weighted by molar-refractivity contribution is 0.591. The van der Waals surface area contributed by atoms with Gasteiger partial charge in [0, 0.05) is 6.20 Å². The molecular formula is C13H14ClFN2. The van der Waals surface area contributed by atoms with E-state index >= 15 is 0 Å². The number of alkyl halides is 1. The van der Waals surface area contributed by atoms with Crippen molar-refractivity contribution < 1.29 is 4.39 Å². The molecule has 0 aliphatic rings. The SMILES string of the molecule is Cc1ccc(C(C)n2cncc2CCl)cc1F. The van der Waals surface area contributed by atoms with Crippen LogP contribution in [0.15, 0.2) is 30.7 Å². The Morgan fingerprint density at radius 2 is 2.24 bits per heavy atom. The Bertz CT molecular complexity index is 522. The quantitative estimate of drug-likeness (QED) is 0.762. The molecule has 1 aromatic heterocycles. The van der Waals surface area contributed by atoms with Crippen molar-refractivity contribution in [2.45, 2.75) is 25.8 Å². The molecule has 17 heavy (non-hydrogen) atoms. The lowest BCUT2D eigenvalue weighted by Gasteiger charge is -2.16. The van der Waals surface area contributed by atoms with E-state index in [-0.39, 0.29) is 11.9 Å². The molecule has 0 bridgehead atoms. The number of hydrogen-bond acceptors (Lipinski definition) is 1. The second-order valence-corrected chi connectivity index (χ2v) is 4.38. The standard InChI is InChI=1S/C13H14ClFN2/c1-9-3-4-11(5-13(9)15)10(2)17-8-16-7-12(17)6-14/h3-5,7-8,10H,6H2,1-2H3. The first-order valence-corrected chi connectivity index (χ1v) is 5.99. The Morgan fingerprint density at radius 3 is 2.88 bits per heavy atom. The van der Waals surface area contributed by atoms with Gasteiger partial charge >= 0.3 is 0 Å². The lowest BCUT2D eigenvalue weighted by atomic mass is 10.1. The fraction of sp³-hybridized carbons (Fsp3) is 0.308. The molecule has 1 atom stereocenters. The van der Waals surface area contributed by atoms with Gasteiger partial charge in [0.25, 0.3) is 0 Å². The molecular weight excluding hydrogens is 239 g/mol. The molecule has 0 radical (unpaired) electrons. The molecule has 0 fully saturated rings. The zero-order chi connectivity index (χ0) is 12.4. The van der Waals surface area contributed by atoms with Gasteiger partial charge in [-0.2, -0.15) is 0 Å². The Kier molecular flexibility index (Phi) is 3.48. The summed E-state index contributed by atoms with van der Waals surface area (Å²) in [5.41, 5.74) is 2.50. The summed E-state index contributed by atoms with van der Waals surface area (Å²) in [6.07, 6.45) is 3.45. The minimum atomic E-state index is -0.179. The molecule has 0 aliphatic heterocycles. The summed E-state index contributed by atoms with van der Waals surface area (Å²) in [5, 5.41) is 0. The van der Waals surface area contributed by atoms with E-state index < -0.39 is 0 Å². The Balaban J connectivity index is 2.36. The minimum absolute atomic E-state index is 0.0290. The van der Waals surface area contributed by atoms with E-state index in [4.69, 9.17) is 11.6 Å². The predicted octanol–water partition coefficient (Wildman–Crippen LogP) is 3.68. The van der Waals surface area contributed by atoms with E-state index in [1.807, 2.05) is 17.6 Å². The third kappa shape index (κ3) is 2.34. The monoisotopic (exact) mass is 252 g/mol. The van der Waals surface area contributed by atoms with Gasteiger partial charge in [-0.15, -0.1) is 11.6 Å². The maximum Gasteiger partial charge on any atom is 0.126 e. The highest BCUT2D eigenvalue weighted by Gasteiger charge is 2.12. The zero-order valence-electron chi connectivity index (χ0n) is 9.82. The molecule has 0 amide bonds. The normalized spacial score (nSPS) is 12.7. The molecule has 0 saturated heterocycles. The van der Waals surface area contributed by atoms with Crippen molar-refractivity contribution in [3.63, 3.8) is 0 Å². The van der Waals surface area contributed by atoms with Gasteiger partial charge in [-0.1, -0.05) is 12.1 Å². The molecule has 1 heterocycles. The average Bonchev–Trinajstić information content (AvgIpc) is 2.80. The summed E-state index contributed by atoms with van der Waals surface area (Å²) in [6.45, 7) is 3.76. The summed E-state index contributed by atoms with van der Waals surface area (Å²) in [5.74, 6) is 0.223. The number of imidazole rings is 1. The van der Waals surface area contributed by atoms with E-state index in [1.165, 1.54) is 0 Å². The summed E-state index contributed by atoms with van der Waals surface area (Å²) >= 11 is 5.83. The van der Waals surface area contributed by atoms with Gasteiger partial charge in [0.05, 0.1) is 23.9 Å². The fourth-order valence-electron chi connectivity index (χ4n) is 1.81. The Morgan fingerprint density at radius 1 is 1.47 bits per heavy atom. The fourth-order valence-corrected chi connectivity index (χ4v) is 2.02. The number of hydrogen-bond donors (Lipinski definition) is 0. The molecule has 0 aliphatic carbocycles. The number of halogens is 2. The maximum absolute atomic E-state index is 13.5. The summed E-state index contributed by atoms with van der Waals surface area (Å²) in [4.78, 5) is 4.06. The van der Waals surface area contributed by atoms with Crippen LogP contribution in [-0.2, 0) is 5.88 Å². The van der Waals surface area contributed by atoms with E-state index in [9.17, 15) is 4.39 Å². The van der Waals surface area contributed by atoms with Gasteiger partial charge in [0.15, 0.2) is 0 Å². The molecule has 2 nitrogen and oxygen atoms in total. The zero-order valence-corrected chi connectivity index (χ0v) is 10.6. The van der Waals surface area contributed by atoms with Crippen molar-refractivity contribution in [2.75, 3.05) is 0 Å². The molecule has 2 aromatic rings. The first-order valence-electron chi connectivity index (χ1n) is 5.46. The van der Waals surface area contributed by atoms with Crippen molar-refractivity contribution in [1.82, 2.24) is 9.55 Å². The molecule has 0 saturated carbocycles. The highest BCUT2D eigenvalue weighted by atomic mass is 35.5. The average molecular weight is 253 g/mol. The van der Waals surface area contributed by atoms with Crippen molar-refractivity contribution in [2.24, 2.45) is 0 Å². The van der Waals surface area contributed by atoms with Crippen molar-refractivity contribution in [3.05, 3.63) is 53.4 Å². The van der Waals surface area contributed by atoms with Crippen molar-refractivity contribution >= 4 is 11.6 Å². The molecule has 1 unspecified atom stereocenters. The van der Waals surface area contributed by atoms with E-state index in [0.29, 0.717) is 11.4 Å². The predicted molar refractivity (Wildman–Crippen MR) is 66.7 cm³/mol. The second kappa shape index (κ2) is 4.88. The first-order chi connectivity index (χ1) is 8.13. The maximum atomic E-state index is 13.5. The summed E-state index contributed by atoms with van der Waals surface area (Å²) in [7, 11) is 0. The number of rotatable bonds is 3. The molecule has 4 heteroatoms. The van der Waals surface area contributed by atoms with E-state index in [1.54, 1.807) is 31.6 Å². The van der Waals surface area contributed by atoms with Crippen LogP contribution >= 0.6 is 11.6 Å². The smallest absolute Gasteiger partial charge is 0.126 e. The van der Waals surface area contributed by atoms with Gasteiger partial charge < -0.3 is 4.57 Å². The van der Waals surface area contributed by atoms with Crippen LogP contribution in [0.5, 0.6) is 0 Å². The summed E-state index contributed by atoms with van der Waals surface area (Å²) < 4.78 is 15.5. The topological polar surface area (TPSA) is 17.8 Å². The lowest BCUT2D eigenvalue weighted by Crippen LogP contribution is -2.08. The van der Waals surface area contributed by atoms with Crippen LogP contribution in [-0.4, -0.2) is 9.55 Å². The van der Waals surface area contributed by atoms with E-state index in [0.717, 1.165) is 11.3 Å². The van der Waals surface area contributed by atoms with Gasteiger partial charge in [-0.05, 0) is 31.0 Å². The Hall–Kier alpha value is -1.35. The number of aromatic nitrogens is 2. The van der Waals surface area contributed by atoms with E-state index in [2.05, 4.69) is 4.98 Å². The van der Waals surface area contributed by atoms with Crippen LogP contribution in [0.25, 0.3) is 0 Å². The third-order valence-electron chi connectivity index (χ3n) is 2.98. The van der Waals surface area contributed by atoms with Crippen LogP contribution in [0.3, 0.4) is 0 Å². The molecule has 0 N–H and O–H groups in total. The van der Waals surface area contributed by atoms with Crippen molar-refractivity contribution in [1.29, 1.82) is 0 Å². The molecule has 1 aromatic carbocycles. The highest BCUT2D eigenvalue weighted by molar-refractivity contribution is 6.16. The largest absolute Gasteiger partial charge is 0.326 e. The Labute approximate surface area is 105 Å². The van der Waals surface area contributed by atoms with Crippen molar-refractivity contribution in [3.8, 4) is 0 Å². The number of benzene rings is 1. The van der Waals surface area contributed by atoms with Crippen LogP contribution in [0.2, 0.25) is 0 Å². The molecule has 2 rings (SSSR count). The van der Waals surface area contributed by atoms with Crippen LogP contribution in [0.1, 0.15) is 29.8 Å². The van der Waals surface area contributed by atoms with Gasteiger partial charge in [-0.3, -0.25) is 0 Å². The van der Waals surface area contributed by atoms with Crippen LogP contribution in [0.4, 0.5) is 4.39 Å². The van der Waals surface area contributed by atoms with Gasteiger partial charge in [-0.25, -0.2) is 9.37 Å². The highest BCUT2D eigenvalue weighted by Crippen LogP contribution is 2.22. The number of aryl methyl sites for hydroxylation is 1. The molecule has 90 valence electrons. The van der Waals surface area contributed by atoms with Crippen LogP contribution < -0.4 is 0 Å². The molecule has 0 spiro atoms. The second-order valence-electron chi connectivity index (χ2n) is 4.11. The minimum Gasteiger partial charge on any atom is -0.326 e. The summed E-state index contributed by atoms with van der Waals surface area (Å²) in [6, 6.07) is 5.32. The van der Waals surface area contributed by atoms with Gasteiger partial charge in [0.1, 0.15) is 5.82 Å². The van der Waals surface area contributed by atoms with Gasteiger partial charge in [0.2, 0.25) is 0 Å². The van der Waals surface area contributed by atoms with Crippen LogP contribution in [0, 0.1) is 12.7 Å². The third-order valence-corrected chi connectivity index (χ3v) is 3.25. The first kappa shape index (κ1) is 12.1.